The molecule has 0 bridgehead atoms. The van der Waals surface area contributed by atoms with E-state index in [1.54, 1.807) is 19.1 Å². The van der Waals surface area contributed by atoms with E-state index >= 15 is 0 Å². The SMILES string of the molecule is Cc1ccc(F)cc1NC(=O)c1cccc(S(=O)(=O)N2c3ccccc3CC2C)c1. The predicted octanol–water partition coefficient (Wildman–Crippen LogP) is 4.53. The van der Waals surface area contributed by atoms with Crippen LogP contribution >= 0.6 is 0 Å². The Bertz CT molecular complexity index is 1240. The van der Waals surface area contributed by atoms with Gasteiger partial charge in [0.05, 0.1) is 10.6 Å². The number of nitrogens with zero attached hydrogens (tertiary/aromatic N) is 1. The van der Waals surface area contributed by atoms with E-state index in [0.29, 0.717) is 23.4 Å². The van der Waals surface area contributed by atoms with Gasteiger partial charge < -0.3 is 5.32 Å². The number of fused-ring (bicyclic) bond motifs is 1. The Balaban J connectivity index is 1.66. The standard InChI is InChI=1S/C23H21FN2O3S/c1-15-10-11-19(24)14-21(15)25-23(27)18-7-5-8-20(13-18)30(28,29)26-16(2)12-17-6-3-4-9-22(17)26/h3-11,13-14,16H,12H2,1-2H3,(H,25,27). The number of para-hydroxylation sites is 1. The van der Waals surface area contributed by atoms with Gasteiger partial charge in [0.15, 0.2) is 0 Å². The molecular weight excluding hydrogens is 403 g/mol. The topological polar surface area (TPSA) is 66.5 Å². The van der Waals surface area contributed by atoms with Crippen molar-refractivity contribution in [3.05, 3.63) is 89.2 Å². The molecule has 0 spiro atoms. The Morgan fingerprint density at radius 3 is 2.63 bits per heavy atom. The summed E-state index contributed by atoms with van der Waals surface area (Å²) in [6.07, 6.45) is 0.633. The highest BCUT2D eigenvalue weighted by Crippen LogP contribution is 2.36. The molecule has 7 heteroatoms. The number of benzene rings is 3. The second kappa shape index (κ2) is 7.57. The summed E-state index contributed by atoms with van der Waals surface area (Å²) in [6, 6.07) is 17.2. The van der Waals surface area contributed by atoms with Crippen LogP contribution in [0.15, 0.2) is 71.6 Å². The molecule has 30 heavy (non-hydrogen) atoms. The molecule has 0 aliphatic carbocycles. The molecule has 0 saturated carbocycles. The van der Waals surface area contributed by atoms with Crippen molar-refractivity contribution >= 4 is 27.3 Å². The molecule has 0 radical (unpaired) electrons. The van der Waals surface area contributed by atoms with E-state index < -0.39 is 21.7 Å². The third-order valence-electron chi connectivity index (χ3n) is 5.25. The monoisotopic (exact) mass is 424 g/mol. The van der Waals surface area contributed by atoms with E-state index in [4.69, 9.17) is 0 Å². The summed E-state index contributed by atoms with van der Waals surface area (Å²) in [5.41, 5.74) is 2.87. The number of hydrogen-bond donors (Lipinski definition) is 1. The summed E-state index contributed by atoms with van der Waals surface area (Å²) in [4.78, 5) is 12.7. The van der Waals surface area contributed by atoms with Crippen LogP contribution in [0.2, 0.25) is 0 Å². The fourth-order valence-corrected chi connectivity index (χ4v) is 5.48. The van der Waals surface area contributed by atoms with Gasteiger partial charge in [-0.05, 0) is 67.8 Å². The first-order valence-electron chi connectivity index (χ1n) is 9.57. The van der Waals surface area contributed by atoms with Crippen LogP contribution < -0.4 is 9.62 Å². The van der Waals surface area contributed by atoms with Gasteiger partial charge in [0.1, 0.15) is 5.82 Å². The third-order valence-corrected chi connectivity index (χ3v) is 7.17. The van der Waals surface area contributed by atoms with Crippen molar-refractivity contribution in [1.29, 1.82) is 0 Å². The molecule has 3 aromatic rings. The molecule has 1 unspecified atom stereocenters. The zero-order chi connectivity index (χ0) is 21.5. The first-order chi connectivity index (χ1) is 14.3. The molecule has 0 fully saturated rings. The number of sulfonamides is 1. The predicted molar refractivity (Wildman–Crippen MR) is 115 cm³/mol. The molecule has 1 aliphatic heterocycles. The lowest BCUT2D eigenvalue weighted by Crippen LogP contribution is -2.35. The molecule has 5 nitrogen and oxygen atoms in total. The van der Waals surface area contributed by atoms with E-state index in [-0.39, 0.29) is 16.5 Å². The molecule has 154 valence electrons. The van der Waals surface area contributed by atoms with Crippen LogP contribution in [0.4, 0.5) is 15.8 Å². The first kappa shape index (κ1) is 20.1. The maximum absolute atomic E-state index is 13.5. The van der Waals surface area contributed by atoms with E-state index in [1.165, 1.54) is 40.7 Å². The quantitative estimate of drug-likeness (QED) is 0.669. The first-order valence-corrected chi connectivity index (χ1v) is 11.0. The maximum Gasteiger partial charge on any atom is 0.264 e. The summed E-state index contributed by atoms with van der Waals surface area (Å²) in [5.74, 6) is -0.968. The van der Waals surface area contributed by atoms with Crippen molar-refractivity contribution in [2.45, 2.75) is 31.2 Å². The van der Waals surface area contributed by atoms with Gasteiger partial charge in [0.2, 0.25) is 0 Å². The molecule has 1 heterocycles. The van der Waals surface area contributed by atoms with Gasteiger partial charge in [0, 0.05) is 17.3 Å². The molecule has 1 N–H and O–H groups in total. The van der Waals surface area contributed by atoms with Gasteiger partial charge in [-0.15, -0.1) is 0 Å². The fourth-order valence-electron chi connectivity index (χ4n) is 3.74. The number of carbonyl (C=O) groups excluding carboxylic acids is 1. The van der Waals surface area contributed by atoms with Gasteiger partial charge in [-0.2, -0.15) is 0 Å². The zero-order valence-electron chi connectivity index (χ0n) is 16.6. The molecule has 1 aliphatic rings. The average molecular weight is 424 g/mol. The summed E-state index contributed by atoms with van der Waals surface area (Å²) in [7, 11) is -3.85. The molecule has 1 atom stereocenters. The lowest BCUT2D eigenvalue weighted by atomic mass is 10.1. The van der Waals surface area contributed by atoms with Crippen molar-refractivity contribution in [2.24, 2.45) is 0 Å². The Kier molecular flexibility index (Phi) is 5.07. The van der Waals surface area contributed by atoms with Gasteiger partial charge in [-0.3, -0.25) is 9.10 Å². The normalized spacial score (nSPS) is 15.7. The molecule has 4 rings (SSSR count). The Labute approximate surface area is 175 Å². The number of carbonyl (C=O) groups is 1. The molecule has 1 amide bonds. The Morgan fingerprint density at radius 2 is 1.83 bits per heavy atom. The number of hydrogen-bond acceptors (Lipinski definition) is 3. The van der Waals surface area contributed by atoms with Gasteiger partial charge in [0.25, 0.3) is 15.9 Å². The highest BCUT2D eigenvalue weighted by Gasteiger charge is 2.36. The van der Waals surface area contributed by atoms with Gasteiger partial charge in [-0.25, -0.2) is 12.8 Å². The number of amides is 1. The van der Waals surface area contributed by atoms with Gasteiger partial charge in [-0.1, -0.05) is 30.3 Å². The van der Waals surface area contributed by atoms with Crippen molar-refractivity contribution in [3.63, 3.8) is 0 Å². The molecule has 0 saturated heterocycles. The van der Waals surface area contributed by atoms with Crippen LogP contribution in [0.3, 0.4) is 0 Å². The third kappa shape index (κ3) is 3.57. The van der Waals surface area contributed by atoms with Crippen LogP contribution in [0.5, 0.6) is 0 Å². The Morgan fingerprint density at radius 1 is 1.07 bits per heavy atom. The number of anilines is 2. The van der Waals surface area contributed by atoms with Crippen molar-refractivity contribution in [2.75, 3.05) is 9.62 Å². The highest BCUT2D eigenvalue weighted by molar-refractivity contribution is 7.92. The molecule has 0 aromatic heterocycles. The van der Waals surface area contributed by atoms with Crippen LogP contribution in [0, 0.1) is 12.7 Å². The second-order valence-electron chi connectivity index (χ2n) is 7.42. The van der Waals surface area contributed by atoms with Crippen LogP contribution in [-0.4, -0.2) is 20.4 Å². The second-order valence-corrected chi connectivity index (χ2v) is 9.24. The smallest absolute Gasteiger partial charge is 0.264 e. The summed E-state index contributed by atoms with van der Waals surface area (Å²) >= 11 is 0. The summed E-state index contributed by atoms with van der Waals surface area (Å²) in [5, 5.41) is 2.65. The number of nitrogens with one attached hydrogen (secondary N) is 1. The maximum atomic E-state index is 13.5. The highest BCUT2D eigenvalue weighted by atomic mass is 32.2. The minimum absolute atomic E-state index is 0.0367. The minimum atomic E-state index is -3.85. The minimum Gasteiger partial charge on any atom is -0.322 e. The largest absolute Gasteiger partial charge is 0.322 e. The zero-order valence-corrected chi connectivity index (χ0v) is 17.4. The van der Waals surface area contributed by atoms with Crippen LogP contribution in [0.25, 0.3) is 0 Å². The average Bonchev–Trinajstić information content (AvgIpc) is 3.07. The van der Waals surface area contributed by atoms with E-state index in [1.807, 2.05) is 25.1 Å². The molecular formula is C23H21FN2O3S. The summed E-state index contributed by atoms with van der Waals surface area (Å²) < 4.78 is 41.7. The van der Waals surface area contributed by atoms with E-state index in [0.717, 1.165) is 5.56 Å². The van der Waals surface area contributed by atoms with Crippen molar-refractivity contribution in [3.8, 4) is 0 Å². The summed E-state index contributed by atoms with van der Waals surface area (Å²) in [6.45, 7) is 3.61. The van der Waals surface area contributed by atoms with Gasteiger partial charge >= 0.3 is 0 Å². The molecule has 3 aromatic carbocycles. The van der Waals surface area contributed by atoms with Crippen molar-refractivity contribution < 1.29 is 17.6 Å². The van der Waals surface area contributed by atoms with Crippen LogP contribution in [-0.2, 0) is 16.4 Å². The lowest BCUT2D eigenvalue weighted by molar-refractivity contribution is 0.102. The Hall–Kier alpha value is -3.19. The number of halogens is 1. The lowest BCUT2D eigenvalue weighted by Gasteiger charge is -2.24. The number of aryl methyl sites for hydroxylation is 1. The number of rotatable bonds is 4. The van der Waals surface area contributed by atoms with E-state index in [2.05, 4.69) is 5.32 Å². The van der Waals surface area contributed by atoms with Crippen LogP contribution in [0.1, 0.15) is 28.4 Å². The fraction of sp³-hybridized carbons (Fsp3) is 0.174. The van der Waals surface area contributed by atoms with E-state index in [9.17, 15) is 17.6 Å². The van der Waals surface area contributed by atoms with Crippen molar-refractivity contribution in [1.82, 2.24) is 0 Å².